The minimum atomic E-state index is -1.81. The van der Waals surface area contributed by atoms with Gasteiger partial charge in [0.15, 0.2) is 17.1 Å². The first-order valence-electron chi connectivity index (χ1n) is 8.36. The molecule has 0 aliphatic carbocycles. The second-order valence-electron chi connectivity index (χ2n) is 6.21. The molecule has 0 bridgehead atoms. The van der Waals surface area contributed by atoms with Gasteiger partial charge >= 0.3 is 0 Å². The number of amides is 1. The molecule has 0 spiro atoms. The van der Waals surface area contributed by atoms with E-state index in [2.05, 4.69) is 0 Å². The first-order valence-corrected chi connectivity index (χ1v) is 8.36. The van der Waals surface area contributed by atoms with Crippen LogP contribution in [0.1, 0.15) is 18.9 Å². The summed E-state index contributed by atoms with van der Waals surface area (Å²) in [4.78, 5) is 25.9. The molecule has 6 heteroatoms. The molecule has 2 aromatic carbocycles. The summed E-state index contributed by atoms with van der Waals surface area (Å²) in [5.74, 6) is 0.433. The molecule has 0 saturated carbocycles. The highest BCUT2D eigenvalue weighted by Gasteiger charge is 2.50. The third-order valence-corrected chi connectivity index (χ3v) is 4.39. The molecule has 1 amide bonds. The Kier molecular flexibility index (Phi) is 4.95. The smallest absolute Gasteiger partial charge is 0.264 e. The summed E-state index contributed by atoms with van der Waals surface area (Å²) in [5.41, 5.74) is -0.755. The van der Waals surface area contributed by atoms with E-state index in [-0.39, 0.29) is 25.4 Å². The van der Waals surface area contributed by atoms with Crippen LogP contribution in [0, 0.1) is 0 Å². The van der Waals surface area contributed by atoms with Gasteiger partial charge in [-0.3, -0.25) is 9.59 Å². The summed E-state index contributed by atoms with van der Waals surface area (Å²) in [7, 11) is 1.56. The second-order valence-corrected chi connectivity index (χ2v) is 6.21. The fourth-order valence-electron chi connectivity index (χ4n) is 3.24. The standard InChI is InChI=1S/C20H21NO5/c1-14(22)13-20(24)15-7-3-4-8-16(15)21(19(20)23)11-12-26-18-10-6-5-9-17(18)25-2/h3-10,24H,11-13H2,1-2H3/t20-/m0/s1. The lowest BCUT2D eigenvalue weighted by Crippen LogP contribution is -2.43. The number of carbonyl (C=O) groups excluding carboxylic acids is 2. The number of hydrogen-bond donors (Lipinski definition) is 1. The minimum Gasteiger partial charge on any atom is -0.493 e. The van der Waals surface area contributed by atoms with Crippen molar-refractivity contribution in [1.82, 2.24) is 0 Å². The maximum atomic E-state index is 12.8. The molecule has 1 aliphatic rings. The molecule has 1 heterocycles. The number of hydrogen-bond acceptors (Lipinski definition) is 5. The number of aliphatic hydroxyl groups is 1. The van der Waals surface area contributed by atoms with Crippen molar-refractivity contribution in [2.45, 2.75) is 18.9 Å². The van der Waals surface area contributed by atoms with Crippen molar-refractivity contribution >= 4 is 17.4 Å². The van der Waals surface area contributed by atoms with Crippen LogP contribution in [-0.2, 0) is 15.2 Å². The van der Waals surface area contributed by atoms with E-state index in [0.717, 1.165) is 0 Å². The van der Waals surface area contributed by atoms with Crippen molar-refractivity contribution in [1.29, 1.82) is 0 Å². The third kappa shape index (κ3) is 3.15. The molecule has 0 unspecified atom stereocenters. The largest absolute Gasteiger partial charge is 0.493 e. The van der Waals surface area contributed by atoms with Crippen molar-refractivity contribution in [2.75, 3.05) is 25.2 Å². The van der Waals surface area contributed by atoms with Crippen LogP contribution in [0.15, 0.2) is 48.5 Å². The van der Waals surface area contributed by atoms with Crippen LogP contribution >= 0.6 is 0 Å². The lowest BCUT2D eigenvalue weighted by molar-refractivity contribution is -0.141. The van der Waals surface area contributed by atoms with E-state index in [0.29, 0.717) is 22.7 Å². The second kappa shape index (κ2) is 7.17. The minimum absolute atomic E-state index is 0.219. The molecule has 3 rings (SSSR count). The molecule has 6 nitrogen and oxygen atoms in total. The number of ether oxygens (including phenoxy) is 2. The van der Waals surface area contributed by atoms with Crippen molar-refractivity contribution in [3.63, 3.8) is 0 Å². The van der Waals surface area contributed by atoms with Gasteiger partial charge in [-0.05, 0) is 25.1 Å². The van der Waals surface area contributed by atoms with Crippen LogP contribution < -0.4 is 14.4 Å². The molecule has 0 aromatic heterocycles. The molecule has 0 saturated heterocycles. The number of fused-ring (bicyclic) bond motifs is 1. The lowest BCUT2D eigenvalue weighted by Gasteiger charge is -2.22. The maximum Gasteiger partial charge on any atom is 0.264 e. The summed E-state index contributed by atoms with van der Waals surface area (Å²) in [6.07, 6.45) is -0.243. The fraction of sp³-hybridized carbons (Fsp3) is 0.300. The predicted octanol–water partition coefficient (Wildman–Crippen LogP) is 2.29. The number of rotatable bonds is 7. The molecule has 26 heavy (non-hydrogen) atoms. The Balaban J connectivity index is 1.78. The Bertz CT molecular complexity index is 834. The van der Waals surface area contributed by atoms with Gasteiger partial charge in [0.1, 0.15) is 12.4 Å². The Morgan fingerprint density at radius 1 is 1.12 bits per heavy atom. The van der Waals surface area contributed by atoms with Crippen molar-refractivity contribution in [3.8, 4) is 11.5 Å². The van der Waals surface area contributed by atoms with Gasteiger partial charge in [-0.1, -0.05) is 30.3 Å². The highest BCUT2D eigenvalue weighted by molar-refractivity contribution is 6.08. The van der Waals surface area contributed by atoms with E-state index in [1.807, 2.05) is 12.1 Å². The lowest BCUT2D eigenvalue weighted by atomic mass is 9.90. The highest BCUT2D eigenvalue weighted by Crippen LogP contribution is 2.42. The van der Waals surface area contributed by atoms with Gasteiger partial charge in [-0.25, -0.2) is 0 Å². The van der Waals surface area contributed by atoms with Crippen molar-refractivity contribution < 1.29 is 24.2 Å². The van der Waals surface area contributed by atoms with E-state index in [1.165, 1.54) is 11.8 Å². The van der Waals surface area contributed by atoms with Gasteiger partial charge in [0.05, 0.1) is 19.3 Å². The van der Waals surface area contributed by atoms with Crippen LogP contribution in [0.4, 0.5) is 5.69 Å². The van der Waals surface area contributed by atoms with Gasteiger partial charge < -0.3 is 19.5 Å². The third-order valence-electron chi connectivity index (χ3n) is 4.39. The fourth-order valence-corrected chi connectivity index (χ4v) is 3.24. The Labute approximate surface area is 152 Å². The van der Waals surface area contributed by atoms with E-state index in [4.69, 9.17) is 9.47 Å². The SMILES string of the molecule is COc1ccccc1OCCN1C(=O)[C@](O)(CC(C)=O)c2ccccc21. The molecular formula is C20H21NO5. The number of Topliss-reactive ketones (excluding diaryl/α,β-unsaturated/α-hetero) is 1. The number of anilines is 1. The Morgan fingerprint density at radius 3 is 2.46 bits per heavy atom. The van der Waals surface area contributed by atoms with Crippen molar-refractivity contribution in [3.05, 3.63) is 54.1 Å². The van der Waals surface area contributed by atoms with E-state index in [9.17, 15) is 14.7 Å². The molecule has 1 aliphatic heterocycles. The highest BCUT2D eigenvalue weighted by atomic mass is 16.5. The zero-order valence-corrected chi connectivity index (χ0v) is 14.8. The number of benzene rings is 2. The number of ketones is 1. The molecule has 2 aromatic rings. The predicted molar refractivity (Wildman–Crippen MR) is 96.5 cm³/mol. The first kappa shape index (κ1) is 17.9. The summed E-state index contributed by atoms with van der Waals surface area (Å²) >= 11 is 0. The number of nitrogens with zero attached hydrogens (tertiary/aromatic N) is 1. The average Bonchev–Trinajstić information content (AvgIpc) is 2.83. The van der Waals surface area contributed by atoms with Gasteiger partial charge in [0.2, 0.25) is 0 Å². The number of carbonyl (C=O) groups is 2. The molecule has 136 valence electrons. The first-order chi connectivity index (χ1) is 12.5. The topological polar surface area (TPSA) is 76.1 Å². The van der Waals surface area contributed by atoms with Gasteiger partial charge in [0.25, 0.3) is 5.91 Å². The average molecular weight is 355 g/mol. The number of methoxy groups -OCH3 is 1. The maximum absolute atomic E-state index is 12.8. The van der Waals surface area contributed by atoms with Crippen molar-refractivity contribution in [2.24, 2.45) is 0 Å². The number of para-hydroxylation sites is 3. The summed E-state index contributed by atoms with van der Waals surface area (Å²) < 4.78 is 11.0. The molecule has 1 N–H and O–H groups in total. The Morgan fingerprint density at radius 2 is 1.77 bits per heavy atom. The van der Waals surface area contributed by atoms with E-state index in [1.54, 1.807) is 43.5 Å². The zero-order valence-electron chi connectivity index (χ0n) is 14.8. The van der Waals surface area contributed by atoms with Gasteiger partial charge in [0, 0.05) is 12.0 Å². The van der Waals surface area contributed by atoms with Crippen LogP contribution in [0.5, 0.6) is 11.5 Å². The molecule has 0 radical (unpaired) electrons. The monoisotopic (exact) mass is 355 g/mol. The summed E-state index contributed by atoms with van der Waals surface area (Å²) in [5, 5.41) is 10.9. The quantitative estimate of drug-likeness (QED) is 0.825. The zero-order chi connectivity index (χ0) is 18.7. The Hall–Kier alpha value is -2.86. The van der Waals surface area contributed by atoms with E-state index >= 15 is 0 Å². The van der Waals surface area contributed by atoms with Gasteiger partial charge in [-0.15, -0.1) is 0 Å². The normalized spacial score (nSPS) is 18.6. The van der Waals surface area contributed by atoms with Crippen LogP contribution in [0.3, 0.4) is 0 Å². The summed E-state index contributed by atoms with van der Waals surface area (Å²) in [6.45, 7) is 1.83. The van der Waals surface area contributed by atoms with Crippen LogP contribution in [-0.4, -0.2) is 37.1 Å². The molecule has 1 atom stereocenters. The van der Waals surface area contributed by atoms with Gasteiger partial charge in [-0.2, -0.15) is 0 Å². The van der Waals surface area contributed by atoms with Crippen LogP contribution in [0.2, 0.25) is 0 Å². The molecule has 0 fully saturated rings. The summed E-state index contributed by atoms with van der Waals surface area (Å²) in [6, 6.07) is 14.2. The van der Waals surface area contributed by atoms with Crippen LogP contribution in [0.25, 0.3) is 0 Å². The molecular weight excluding hydrogens is 334 g/mol. The van der Waals surface area contributed by atoms with E-state index < -0.39 is 11.5 Å².